The van der Waals surface area contributed by atoms with E-state index in [-0.39, 0.29) is 5.82 Å². The molecule has 82 valence electrons. The molecule has 0 aromatic heterocycles. The van der Waals surface area contributed by atoms with Gasteiger partial charge in [-0.3, -0.25) is 0 Å². The van der Waals surface area contributed by atoms with Gasteiger partial charge in [-0.2, -0.15) is 0 Å². The molecule has 0 amide bonds. The van der Waals surface area contributed by atoms with Crippen LogP contribution in [0.2, 0.25) is 0 Å². The Labute approximate surface area is 89.0 Å². The second kappa shape index (κ2) is 4.94. The van der Waals surface area contributed by atoms with E-state index in [2.05, 4.69) is 6.58 Å². The average molecular weight is 210 g/mol. The van der Waals surface area contributed by atoms with Gasteiger partial charge in [0.05, 0.1) is 11.9 Å². The van der Waals surface area contributed by atoms with Gasteiger partial charge < -0.3 is 9.84 Å². The minimum Gasteiger partial charge on any atom is -0.462 e. The maximum Gasteiger partial charge on any atom is 0.130 e. The fraction of sp³-hybridized carbons (Fsp3) is 0.333. The van der Waals surface area contributed by atoms with Crippen LogP contribution >= 0.6 is 0 Å². The normalized spacial score (nSPS) is 12.3. The summed E-state index contributed by atoms with van der Waals surface area (Å²) in [6.45, 7) is 7.09. The Kier molecular flexibility index (Phi) is 3.86. The minimum absolute atomic E-state index is 0.291. The van der Waals surface area contributed by atoms with Crippen LogP contribution in [0.3, 0.4) is 0 Å². The van der Waals surface area contributed by atoms with E-state index < -0.39 is 6.10 Å². The highest BCUT2D eigenvalue weighted by molar-refractivity contribution is 5.33. The molecule has 1 aromatic rings. The third-order valence-electron chi connectivity index (χ3n) is 1.91. The van der Waals surface area contributed by atoms with E-state index in [4.69, 9.17) is 9.84 Å². The minimum atomic E-state index is -0.488. The van der Waals surface area contributed by atoms with Gasteiger partial charge in [0.25, 0.3) is 0 Å². The zero-order valence-electron chi connectivity index (χ0n) is 8.96. The van der Waals surface area contributed by atoms with Crippen LogP contribution in [-0.2, 0) is 0 Å². The lowest BCUT2D eigenvalue weighted by Gasteiger charge is -2.12. The molecule has 1 atom stereocenters. The molecule has 0 spiro atoms. The topological polar surface area (TPSA) is 29.5 Å². The van der Waals surface area contributed by atoms with E-state index in [1.807, 2.05) is 0 Å². The molecule has 1 N–H and O–H groups in total. The molecule has 3 heteroatoms. The Morgan fingerprint density at radius 2 is 2.27 bits per heavy atom. The smallest absolute Gasteiger partial charge is 0.130 e. The van der Waals surface area contributed by atoms with Crippen LogP contribution in [0.25, 0.3) is 0 Å². The van der Waals surface area contributed by atoms with Gasteiger partial charge >= 0.3 is 0 Å². The largest absolute Gasteiger partial charge is 0.462 e. The number of ether oxygens (including phenoxy) is 1. The van der Waals surface area contributed by atoms with Gasteiger partial charge in [-0.25, -0.2) is 4.39 Å². The molecular weight excluding hydrogens is 195 g/mol. The molecule has 1 rings (SSSR count). The molecule has 2 nitrogen and oxygen atoms in total. The summed E-state index contributed by atoms with van der Waals surface area (Å²) in [5.41, 5.74) is 0.710. The van der Waals surface area contributed by atoms with Crippen molar-refractivity contribution in [1.29, 1.82) is 0 Å². The van der Waals surface area contributed by atoms with Gasteiger partial charge in [0.2, 0.25) is 0 Å². The van der Waals surface area contributed by atoms with Crippen molar-refractivity contribution in [3.63, 3.8) is 0 Å². The SMILES string of the molecule is C=C(C[C@@H](C)O)Oc1ccc(F)cc1C. The highest BCUT2D eigenvalue weighted by atomic mass is 19.1. The molecule has 0 aliphatic rings. The van der Waals surface area contributed by atoms with Crippen molar-refractivity contribution in [3.8, 4) is 5.75 Å². The van der Waals surface area contributed by atoms with Crippen molar-refractivity contribution in [2.75, 3.05) is 0 Å². The van der Waals surface area contributed by atoms with Gasteiger partial charge in [-0.05, 0) is 37.6 Å². The molecule has 0 heterocycles. The summed E-state index contributed by atoms with van der Waals surface area (Å²) in [6, 6.07) is 4.28. The van der Waals surface area contributed by atoms with Gasteiger partial charge in [0, 0.05) is 6.42 Å². The summed E-state index contributed by atoms with van der Waals surface area (Å²) in [4.78, 5) is 0. The first-order valence-corrected chi connectivity index (χ1v) is 4.79. The average Bonchev–Trinajstić information content (AvgIpc) is 2.08. The molecular formula is C12H15FO2. The van der Waals surface area contributed by atoms with Gasteiger partial charge in [-0.15, -0.1) is 0 Å². The lowest BCUT2D eigenvalue weighted by atomic mass is 10.2. The zero-order chi connectivity index (χ0) is 11.4. The van der Waals surface area contributed by atoms with Crippen molar-refractivity contribution >= 4 is 0 Å². The number of benzene rings is 1. The number of rotatable bonds is 4. The maximum absolute atomic E-state index is 12.8. The number of aryl methyl sites for hydroxylation is 1. The number of halogens is 1. The van der Waals surface area contributed by atoms with Crippen molar-refractivity contribution < 1.29 is 14.2 Å². The van der Waals surface area contributed by atoms with Gasteiger partial charge in [0.15, 0.2) is 0 Å². The second-order valence-electron chi connectivity index (χ2n) is 3.60. The molecule has 0 aliphatic heterocycles. The first kappa shape index (κ1) is 11.7. The molecule has 0 fully saturated rings. The zero-order valence-corrected chi connectivity index (χ0v) is 8.96. The van der Waals surface area contributed by atoms with Gasteiger partial charge in [0.1, 0.15) is 11.6 Å². The van der Waals surface area contributed by atoms with Crippen LogP contribution in [0.4, 0.5) is 4.39 Å². The highest BCUT2D eigenvalue weighted by Gasteiger charge is 2.05. The second-order valence-corrected chi connectivity index (χ2v) is 3.60. The standard InChI is InChI=1S/C12H15FO2/c1-8-6-11(13)4-5-12(8)15-10(3)7-9(2)14/h4-6,9,14H,3,7H2,1-2H3/t9-/m1/s1. The van der Waals surface area contributed by atoms with Crippen LogP contribution in [0.1, 0.15) is 18.9 Å². The number of aliphatic hydroxyl groups excluding tert-OH is 1. The molecule has 0 saturated heterocycles. The third-order valence-corrected chi connectivity index (χ3v) is 1.91. The molecule has 0 radical (unpaired) electrons. The molecule has 15 heavy (non-hydrogen) atoms. The third kappa shape index (κ3) is 3.72. The molecule has 0 unspecified atom stereocenters. The maximum atomic E-state index is 12.8. The quantitative estimate of drug-likeness (QED) is 0.774. The predicted molar refractivity (Wildman–Crippen MR) is 57.2 cm³/mol. The monoisotopic (exact) mass is 210 g/mol. The molecule has 0 aliphatic carbocycles. The summed E-state index contributed by atoms with van der Waals surface area (Å²) in [6.07, 6.45) is -0.116. The Hall–Kier alpha value is -1.35. The summed E-state index contributed by atoms with van der Waals surface area (Å²) in [5, 5.41) is 9.11. The first-order chi connectivity index (χ1) is 6.99. The van der Waals surface area contributed by atoms with Gasteiger partial charge in [-0.1, -0.05) is 6.58 Å². The lowest BCUT2D eigenvalue weighted by molar-refractivity contribution is 0.180. The van der Waals surface area contributed by atoms with E-state index in [9.17, 15) is 4.39 Å². The van der Waals surface area contributed by atoms with Crippen LogP contribution in [0, 0.1) is 12.7 Å². The summed E-state index contributed by atoms with van der Waals surface area (Å²) in [5.74, 6) is 0.753. The van der Waals surface area contributed by atoms with Crippen molar-refractivity contribution in [1.82, 2.24) is 0 Å². The predicted octanol–water partition coefficient (Wildman–Crippen LogP) is 2.80. The van der Waals surface area contributed by atoms with Crippen molar-refractivity contribution in [2.24, 2.45) is 0 Å². The lowest BCUT2D eigenvalue weighted by Crippen LogP contribution is -2.05. The van der Waals surface area contributed by atoms with Crippen LogP contribution in [0.15, 0.2) is 30.5 Å². The van der Waals surface area contributed by atoms with Crippen molar-refractivity contribution in [3.05, 3.63) is 41.9 Å². The summed E-state index contributed by atoms with van der Waals surface area (Å²) < 4.78 is 18.2. The Morgan fingerprint density at radius 1 is 1.60 bits per heavy atom. The summed E-state index contributed by atoms with van der Waals surface area (Å²) in [7, 11) is 0. The van der Waals surface area contributed by atoms with Crippen LogP contribution in [-0.4, -0.2) is 11.2 Å². The summed E-state index contributed by atoms with van der Waals surface area (Å²) >= 11 is 0. The number of aliphatic hydroxyl groups is 1. The number of hydrogen-bond acceptors (Lipinski definition) is 2. The highest BCUT2D eigenvalue weighted by Crippen LogP contribution is 2.21. The first-order valence-electron chi connectivity index (χ1n) is 4.79. The fourth-order valence-corrected chi connectivity index (χ4v) is 1.25. The van der Waals surface area contributed by atoms with E-state index in [1.165, 1.54) is 12.1 Å². The van der Waals surface area contributed by atoms with Crippen LogP contribution < -0.4 is 4.74 Å². The number of hydrogen-bond donors (Lipinski definition) is 1. The van der Waals surface area contributed by atoms with Crippen LogP contribution in [0.5, 0.6) is 5.75 Å². The van der Waals surface area contributed by atoms with Crippen molar-refractivity contribution in [2.45, 2.75) is 26.4 Å². The Morgan fingerprint density at radius 3 is 2.80 bits per heavy atom. The molecule has 0 bridgehead atoms. The Balaban J connectivity index is 2.68. The van der Waals surface area contributed by atoms with E-state index >= 15 is 0 Å². The van der Waals surface area contributed by atoms with E-state index in [0.717, 1.165) is 0 Å². The molecule has 1 aromatic carbocycles. The van der Waals surface area contributed by atoms with E-state index in [0.29, 0.717) is 23.5 Å². The van der Waals surface area contributed by atoms with E-state index in [1.54, 1.807) is 19.9 Å². The Bertz CT molecular complexity index is 359. The fourth-order valence-electron chi connectivity index (χ4n) is 1.25. The molecule has 0 saturated carbocycles.